The van der Waals surface area contributed by atoms with Crippen LogP contribution in [0.25, 0.3) is 0 Å². The average molecular weight is 354 g/mol. The third kappa shape index (κ3) is 3.88. The topological polar surface area (TPSA) is 42.2 Å². The number of hydrogen-bond donors (Lipinski definition) is 1. The lowest BCUT2D eigenvalue weighted by Gasteiger charge is -2.32. The van der Waals surface area contributed by atoms with Gasteiger partial charge >= 0.3 is 0 Å². The molecule has 2 atom stereocenters. The molecule has 3 nitrogen and oxygen atoms in total. The summed E-state index contributed by atoms with van der Waals surface area (Å²) in [6.45, 7) is 6.11. The van der Waals surface area contributed by atoms with E-state index in [9.17, 15) is 0 Å². The van der Waals surface area contributed by atoms with Crippen molar-refractivity contribution in [3.05, 3.63) is 50.9 Å². The van der Waals surface area contributed by atoms with Crippen LogP contribution in [-0.4, -0.2) is 22.5 Å². The predicted molar refractivity (Wildman–Crippen MR) is 88.7 cm³/mol. The zero-order chi connectivity index (χ0) is 14.5. The van der Waals surface area contributed by atoms with Crippen molar-refractivity contribution >= 4 is 27.3 Å². The summed E-state index contributed by atoms with van der Waals surface area (Å²) < 4.78 is 1.13. The van der Waals surface area contributed by atoms with Crippen LogP contribution in [0.15, 0.2) is 40.4 Å². The molecule has 20 heavy (non-hydrogen) atoms. The van der Waals surface area contributed by atoms with Gasteiger partial charge in [-0.1, -0.05) is 6.92 Å². The fourth-order valence-corrected chi connectivity index (χ4v) is 4.08. The Bertz CT molecular complexity index is 527. The number of halogens is 1. The van der Waals surface area contributed by atoms with E-state index < -0.39 is 0 Å². The summed E-state index contributed by atoms with van der Waals surface area (Å²) in [5, 5.41) is 2.12. The van der Waals surface area contributed by atoms with Crippen molar-refractivity contribution in [2.75, 3.05) is 6.54 Å². The third-order valence-electron chi connectivity index (χ3n) is 3.31. The highest BCUT2D eigenvalue weighted by molar-refractivity contribution is 9.10. The molecular formula is C15H20BrN3S. The molecule has 0 aliphatic carbocycles. The van der Waals surface area contributed by atoms with Gasteiger partial charge in [-0.3, -0.25) is 9.88 Å². The first-order valence-electron chi connectivity index (χ1n) is 6.74. The number of thiophene rings is 1. The van der Waals surface area contributed by atoms with Crippen LogP contribution in [0.2, 0.25) is 0 Å². The Kier molecular flexibility index (Phi) is 5.72. The number of rotatable bonds is 6. The van der Waals surface area contributed by atoms with Gasteiger partial charge in [0.25, 0.3) is 0 Å². The molecule has 2 rings (SSSR count). The highest BCUT2D eigenvalue weighted by atomic mass is 79.9. The van der Waals surface area contributed by atoms with Gasteiger partial charge in [-0.2, -0.15) is 0 Å². The predicted octanol–water partition coefficient (Wildman–Crippen LogP) is 3.82. The van der Waals surface area contributed by atoms with Gasteiger partial charge in [-0.15, -0.1) is 11.3 Å². The molecule has 0 aliphatic rings. The summed E-state index contributed by atoms with van der Waals surface area (Å²) in [7, 11) is 0. The SMILES string of the molecule is CCN(Cc1ccncc1)C(c1cc(Br)cs1)C(C)N. The number of aromatic nitrogens is 1. The average Bonchev–Trinajstić information content (AvgIpc) is 2.85. The summed E-state index contributed by atoms with van der Waals surface area (Å²) in [4.78, 5) is 7.80. The van der Waals surface area contributed by atoms with Crippen molar-refractivity contribution in [1.82, 2.24) is 9.88 Å². The number of nitrogens with zero attached hydrogens (tertiary/aromatic N) is 2. The molecule has 5 heteroatoms. The highest BCUT2D eigenvalue weighted by Gasteiger charge is 2.24. The molecular weight excluding hydrogens is 334 g/mol. The standard InChI is InChI=1S/C15H20BrN3S/c1-3-19(9-12-4-6-18-7-5-12)15(11(2)17)14-8-13(16)10-20-14/h4-8,10-11,15H,3,9,17H2,1-2H3. The Morgan fingerprint density at radius 2 is 2.10 bits per heavy atom. The number of pyridine rings is 1. The quantitative estimate of drug-likeness (QED) is 0.858. The van der Waals surface area contributed by atoms with Crippen molar-refractivity contribution in [2.45, 2.75) is 32.5 Å². The zero-order valence-electron chi connectivity index (χ0n) is 11.8. The molecule has 0 fully saturated rings. The monoisotopic (exact) mass is 353 g/mol. The van der Waals surface area contributed by atoms with E-state index in [2.05, 4.69) is 63.2 Å². The van der Waals surface area contributed by atoms with Gasteiger partial charge in [0, 0.05) is 39.7 Å². The summed E-state index contributed by atoms with van der Waals surface area (Å²) in [5.74, 6) is 0. The van der Waals surface area contributed by atoms with Crippen LogP contribution in [0.3, 0.4) is 0 Å². The van der Waals surface area contributed by atoms with E-state index in [1.165, 1.54) is 10.4 Å². The Hall–Kier alpha value is -0.750. The van der Waals surface area contributed by atoms with Gasteiger partial charge in [-0.05, 0) is 53.2 Å². The Morgan fingerprint density at radius 3 is 2.60 bits per heavy atom. The van der Waals surface area contributed by atoms with Crippen LogP contribution in [0.4, 0.5) is 0 Å². The van der Waals surface area contributed by atoms with Crippen molar-refractivity contribution in [2.24, 2.45) is 5.73 Å². The van der Waals surface area contributed by atoms with Gasteiger partial charge in [0.15, 0.2) is 0 Å². The summed E-state index contributed by atoms with van der Waals surface area (Å²) >= 11 is 5.29. The molecule has 2 aromatic rings. The minimum absolute atomic E-state index is 0.0855. The smallest absolute Gasteiger partial charge is 0.0593 e. The van der Waals surface area contributed by atoms with Crippen molar-refractivity contribution < 1.29 is 0 Å². The van der Waals surface area contributed by atoms with Crippen molar-refractivity contribution in [1.29, 1.82) is 0 Å². The van der Waals surface area contributed by atoms with Gasteiger partial charge in [0.2, 0.25) is 0 Å². The van der Waals surface area contributed by atoms with Gasteiger partial charge < -0.3 is 5.73 Å². The number of nitrogens with two attached hydrogens (primary N) is 1. The van der Waals surface area contributed by atoms with Crippen molar-refractivity contribution in [3.8, 4) is 0 Å². The van der Waals surface area contributed by atoms with Crippen LogP contribution in [0.5, 0.6) is 0 Å². The molecule has 0 amide bonds. The molecule has 0 radical (unpaired) electrons. The maximum absolute atomic E-state index is 6.25. The molecule has 0 spiro atoms. The van der Waals surface area contributed by atoms with Crippen LogP contribution in [-0.2, 0) is 6.54 Å². The second-order valence-electron chi connectivity index (χ2n) is 4.89. The van der Waals surface area contributed by atoms with E-state index >= 15 is 0 Å². The third-order valence-corrected chi connectivity index (χ3v) is 5.08. The second-order valence-corrected chi connectivity index (χ2v) is 6.75. The molecule has 0 aliphatic heterocycles. The molecule has 0 aromatic carbocycles. The van der Waals surface area contributed by atoms with E-state index in [1.807, 2.05) is 12.4 Å². The van der Waals surface area contributed by atoms with Crippen LogP contribution in [0, 0.1) is 0 Å². The fraction of sp³-hybridized carbons (Fsp3) is 0.400. The molecule has 2 heterocycles. The summed E-state index contributed by atoms with van der Waals surface area (Å²) in [5.41, 5.74) is 7.51. The van der Waals surface area contributed by atoms with Gasteiger partial charge in [-0.25, -0.2) is 0 Å². The number of hydrogen-bond acceptors (Lipinski definition) is 4. The first-order chi connectivity index (χ1) is 9.61. The first kappa shape index (κ1) is 15.6. The molecule has 0 bridgehead atoms. The second kappa shape index (κ2) is 7.31. The Morgan fingerprint density at radius 1 is 1.40 bits per heavy atom. The van der Waals surface area contributed by atoms with E-state index in [0.717, 1.165) is 17.6 Å². The van der Waals surface area contributed by atoms with Crippen LogP contribution < -0.4 is 5.73 Å². The maximum Gasteiger partial charge on any atom is 0.0593 e. The molecule has 108 valence electrons. The summed E-state index contributed by atoms with van der Waals surface area (Å²) in [6.07, 6.45) is 3.68. The fourth-order valence-electron chi connectivity index (χ4n) is 2.38. The van der Waals surface area contributed by atoms with E-state index in [4.69, 9.17) is 5.73 Å². The van der Waals surface area contributed by atoms with E-state index in [1.54, 1.807) is 11.3 Å². The van der Waals surface area contributed by atoms with Crippen molar-refractivity contribution in [3.63, 3.8) is 0 Å². The van der Waals surface area contributed by atoms with Gasteiger partial charge in [0.1, 0.15) is 0 Å². The highest BCUT2D eigenvalue weighted by Crippen LogP contribution is 2.32. The molecule has 0 saturated heterocycles. The zero-order valence-corrected chi connectivity index (χ0v) is 14.2. The molecule has 0 saturated carbocycles. The largest absolute Gasteiger partial charge is 0.326 e. The lowest BCUT2D eigenvalue weighted by Crippen LogP contribution is -2.38. The van der Waals surface area contributed by atoms with Crippen LogP contribution >= 0.6 is 27.3 Å². The molecule has 2 N–H and O–H groups in total. The van der Waals surface area contributed by atoms with E-state index in [0.29, 0.717) is 0 Å². The Balaban J connectivity index is 2.22. The minimum atomic E-state index is 0.0855. The summed E-state index contributed by atoms with van der Waals surface area (Å²) in [6, 6.07) is 6.62. The Labute approximate surface area is 133 Å². The van der Waals surface area contributed by atoms with E-state index in [-0.39, 0.29) is 12.1 Å². The molecule has 2 unspecified atom stereocenters. The minimum Gasteiger partial charge on any atom is -0.326 e. The molecule has 2 aromatic heterocycles. The lowest BCUT2D eigenvalue weighted by atomic mass is 10.1. The lowest BCUT2D eigenvalue weighted by molar-refractivity contribution is 0.180. The first-order valence-corrected chi connectivity index (χ1v) is 8.41. The van der Waals surface area contributed by atoms with Crippen LogP contribution in [0.1, 0.15) is 30.3 Å². The van der Waals surface area contributed by atoms with Gasteiger partial charge in [0.05, 0.1) is 6.04 Å². The normalized spacial score (nSPS) is 14.4. The number of likely N-dealkylation sites (N-methyl/N-ethyl adjacent to an activating group) is 1. The maximum atomic E-state index is 6.25.